The van der Waals surface area contributed by atoms with Crippen molar-refractivity contribution >= 4 is 11.8 Å². The maximum Gasteiger partial charge on any atom is 0.230 e. The summed E-state index contributed by atoms with van der Waals surface area (Å²) in [5, 5.41) is 7.05. The molecule has 116 valence electrons. The second-order valence-corrected chi connectivity index (χ2v) is 6.97. The molecule has 2 heterocycles. The monoisotopic (exact) mass is 291 g/mol. The van der Waals surface area contributed by atoms with E-state index >= 15 is 0 Å². The molecule has 2 atom stereocenters. The number of nitrogens with zero attached hydrogens (tertiary/aromatic N) is 2. The number of carbonyl (C=O) groups excluding carboxylic acids is 2. The van der Waals surface area contributed by atoms with E-state index in [-0.39, 0.29) is 29.1 Å². The number of carbonyl (C=O) groups is 2. The summed E-state index contributed by atoms with van der Waals surface area (Å²) in [7, 11) is 1.89. The Morgan fingerprint density at radius 1 is 1.38 bits per heavy atom. The first-order chi connectivity index (χ1) is 9.74. The first kappa shape index (κ1) is 15.7. The van der Waals surface area contributed by atoms with Gasteiger partial charge in [-0.05, 0) is 12.0 Å². The molecule has 5 nitrogen and oxygen atoms in total. The fourth-order valence-electron chi connectivity index (χ4n) is 3.14. The molecule has 0 bridgehead atoms. The van der Waals surface area contributed by atoms with Crippen LogP contribution >= 0.6 is 0 Å². The molecule has 1 aliphatic rings. The zero-order chi connectivity index (χ0) is 15.8. The number of hydrogen-bond acceptors (Lipinski definition) is 3. The quantitative estimate of drug-likeness (QED) is 0.869. The second kappa shape index (κ2) is 5.62. The number of rotatable bonds is 3. The van der Waals surface area contributed by atoms with E-state index in [9.17, 15) is 9.59 Å². The lowest BCUT2D eigenvalue weighted by molar-refractivity contribution is -0.137. The van der Waals surface area contributed by atoms with Gasteiger partial charge in [-0.25, -0.2) is 0 Å². The number of aromatic nitrogens is 2. The summed E-state index contributed by atoms with van der Waals surface area (Å²) < 4.78 is 1.79. The highest BCUT2D eigenvalue weighted by Gasteiger charge is 2.39. The summed E-state index contributed by atoms with van der Waals surface area (Å²) in [4.78, 5) is 24.0. The molecule has 21 heavy (non-hydrogen) atoms. The van der Waals surface area contributed by atoms with Crippen LogP contribution in [0.1, 0.15) is 64.1 Å². The van der Waals surface area contributed by atoms with E-state index in [4.69, 9.17) is 0 Å². The third-order valence-corrected chi connectivity index (χ3v) is 4.06. The molecule has 0 spiro atoms. The highest BCUT2D eigenvalue weighted by Crippen LogP contribution is 2.38. The van der Waals surface area contributed by atoms with Crippen molar-refractivity contribution < 1.29 is 9.59 Å². The van der Waals surface area contributed by atoms with Gasteiger partial charge < -0.3 is 0 Å². The lowest BCUT2D eigenvalue weighted by atomic mass is 9.75. The van der Waals surface area contributed by atoms with Gasteiger partial charge in [-0.15, -0.1) is 0 Å². The summed E-state index contributed by atoms with van der Waals surface area (Å²) in [5.41, 5.74) is 1.93. The minimum atomic E-state index is -0.180. The van der Waals surface area contributed by atoms with Crippen LogP contribution in [0, 0.1) is 5.92 Å². The van der Waals surface area contributed by atoms with Crippen LogP contribution in [-0.4, -0.2) is 21.6 Å². The second-order valence-electron chi connectivity index (χ2n) is 6.97. The molecular weight excluding hydrogens is 266 g/mol. The van der Waals surface area contributed by atoms with Gasteiger partial charge in [-0.1, -0.05) is 34.1 Å². The summed E-state index contributed by atoms with van der Waals surface area (Å²) in [5.74, 6) is -0.519. The molecular formula is C16H25N3O2. The average Bonchev–Trinajstić information content (AvgIpc) is 2.74. The Hall–Kier alpha value is -1.65. The van der Waals surface area contributed by atoms with Crippen LogP contribution < -0.4 is 5.32 Å². The van der Waals surface area contributed by atoms with E-state index < -0.39 is 0 Å². The van der Waals surface area contributed by atoms with Gasteiger partial charge in [0.15, 0.2) is 0 Å². The van der Waals surface area contributed by atoms with E-state index in [2.05, 4.69) is 38.1 Å². The van der Waals surface area contributed by atoms with E-state index in [1.807, 2.05) is 13.2 Å². The third kappa shape index (κ3) is 3.17. The number of hydrogen-bond donors (Lipinski definition) is 1. The predicted molar refractivity (Wildman–Crippen MR) is 80.8 cm³/mol. The number of piperidine rings is 1. The minimum Gasteiger partial charge on any atom is -0.296 e. The van der Waals surface area contributed by atoms with Crippen LogP contribution in [-0.2, 0) is 22.1 Å². The van der Waals surface area contributed by atoms with E-state index in [1.165, 1.54) is 0 Å². The number of nitrogens with one attached hydrogen (secondary N) is 1. The smallest absolute Gasteiger partial charge is 0.230 e. The van der Waals surface area contributed by atoms with Crippen molar-refractivity contribution in [2.45, 2.75) is 58.3 Å². The van der Waals surface area contributed by atoms with Gasteiger partial charge in [0.05, 0.1) is 5.69 Å². The van der Waals surface area contributed by atoms with Crippen LogP contribution in [0.2, 0.25) is 0 Å². The van der Waals surface area contributed by atoms with Crippen molar-refractivity contribution in [3.8, 4) is 0 Å². The number of amides is 2. The molecule has 0 aromatic carbocycles. The maximum absolute atomic E-state index is 12.2. The first-order valence-corrected chi connectivity index (χ1v) is 7.61. The SMILES string of the molecule is CCCC1C(=O)NC(=O)CC1c1cn(C)nc1C(C)(C)C. The maximum atomic E-state index is 12.2. The van der Waals surface area contributed by atoms with E-state index in [0.717, 1.165) is 24.1 Å². The highest BCUT2D eigenvalue weighted by molar-refractivity contribution is 5.99. The normalized spacial score (nSPS) is 23.3. The molecule has 0 radical (unpaired) electrons. The molecule has 2 unspecified atom stereocenters. The lowest BCUT2D eigenvalue weighted by Crippen LogP contribution is -2.45. The Labute approximate surface area is 126 Å². The van der Waals surface area contributed by atoms with Crippen molar-refractivity contribution in [2.75, 3.05) is 0 Å². The standard InChI is InChI=1S/C16H25N3O2/c1-6-7-10-11(8-13(20)17-15(10)21)12-9-19(5)18-14(12)16(2,3)4/h9-11H,6-8H2,1-5H3,(H,17,20,21). The average molecular weight is 291 g/mol. The predicted octanol–water partition coefficient (Wildman–Crippen LogP) is 2.26. The topological polar surface area (TPSA) is 64.0 Å². The van der Waals surface area contributed by atoms with Crippen molar-refractivity contribution in [3.05, 3.63) is 17.5 Å². The zero-order valence-electron chi connectivity index (χ0n) is 13.6. The lowest BCUT2D eigenvalue weighted by Gasteiger charge is -2.31. The van der Waals surface area contributed by atoms with E-state index in [0.29, 0.717) is 6.42 Å². The molecule has 1 fully saturated rings. The molecule has 2 amide bonds. The molecule has 1 saturated heterocycles. The first-order valence-electron chi connectivity index (χ1n) is 7.61. The summed E-state index contributed by atoms with van der Waals surface area (Å²) in [6.45, 7) is 8.39. The summed E-state index contributed by atoms with van der Waals surface area (Å²) >= 11 is 0. The van der Waals surface area contributed by atoms with Gasteiger partial charge in [-0.3, -0.25) is 19.6 Å². The Morgan fingerprint density at radius 2 is 2.05 bits per heavy atom. The molecule has 0 saturated carbocycles. The molecule has 1 aliphatic heterocycles. The van der Waals surface area contributed by atoms with Crippen LogP contribution in [0.4, 0.5) is 0 Å². The molecule has 1 aromatic heterocycles. The fraction of sp³-hybridized carbons (Fsp3) is 0.688. The van der Waals surface area contributed by atoms with Crippen molar-refractivity contribution in [1.29, 1.82) is 0 Å². The fourth-order valence-corrected chi connectivity index (χ4v) is 3.14. The van der Waals surface area contributed by atoms with Crippen LogP contribution in [0.5, 0.6) is 0 Å². The highest BCUT2D eigenvalue weighted by atomic mass is 16.2. The summed E-state index contributed by atoms with van der Waals surface area (Å²) in [6.07, 6.45) is 4.06. The van der Waals surface area contributed by atoms with Gasteiger partial charge >= 0.3 is 0 Å². The number of imide groups is 1. The van der Waals surface area contributed by atoms with Gasteiger partial charge in [0.1, 0.15) is 0 Å². The summed E-state index contributed by atoms with van der Waals surface area (Å²) in [6, 6.07) is 0. The van der Waals surface area contributed by atoms with Crippen molar-refractivity contribution in [3.63, 3.8) is 0 Å². The molecule has 0 aliphatic carbocycles. The molecule has 1 N–H and O–H groups in total. The Balaban J connectivity index is 2.46. The molecule has 1 aromatic rings. The van der Waals surface area contributed by atoms with Crippen LogP contribution in [0.15, 0.2) is 6.20 Å². The Kier molecular flexibility index (Phi) is 4.21. The van der Waals surface area contributed by atoms with Crippen LogP contribution in [0.25, 0.3) is 0 Å². The van der Waals surface area contributed by atoms with Crippen molar-refractivity contribution in [2.24, 2.45) is 13.0 Å². The largest absolute Gasteiger partial charge is 0.296 e. The van der Waals surface area contributed by atoms with Gasteiger partial charge in [0.25, 0.3) is 0 Å². The molecule has 5 heteroatoms. The van der Waals surface area contributed by atoms with Crippen molar-refractivity contribution in [1.82, 2.24) is 15.1 Å². The van der Waals surface area contributed by atoms with Gasteiger partial charge in [-0.2, -0.15) is 5.10 Å². The van der Waals surface area contributed by atoms with Gasteiger partial charge in [0, 0.05) is 36.9 Å². The third-order valence-electron chi connectivity index (χ3n) is 4.06. The zero-order valence-corrected chi connectivity index (χ0v) is 13.6. The minimum absolute atomic E-state index is 0.0610. The van der Waals surface area contributed by atoms with E-state index in [1.54, 1.807) is 4.68 Å². The number of aryl methyl sites for hydroxylation is 1. The van der Waals surface area contributed by atoms with Gasteiger partial charge in [0.2, 0.25) is 11.8 Å². The Bertz CT molecular complexity index is 554. The molecule has 2 rings (SSSR count). The Morgan fingerprint density at radius 3 is 2.62 bits per heavy atom. The van der Waals surface area contributed by atoms with Crippen LogP contribution in [0.3, 0.4) is 0 Å².